The van der Waals surface area contributed by atoms with Crippen molar-refractivity contribution in [3.05, 3.63) is 46.4 Å². The van der Waals surface area contributed by atoms with Crippen molar-refractivity contribution < 1.29 is 13.8 Å². The average molecular weight is 275 g/mol. The molecule has 9 heteroatoms. The van der Waals surface area contributed by atoms with Crippen LogP contribution in [0.3, 0.4) is 0 Å². The minimum Gasteiger partial charge on any atom is -0.332 e. The average Bonchev–Trinajstić information content (AvgIpc) is 3.08. The van der Waals surface area contributed by atoms with E-state index >= 15 is 0 Å². The molecule has 0 unspecified atom stereocenters. The molecule has 2 heterocycles. The third kappa shape index (κ3) is 2.00. The van der Waals surface area contributed by atoms with Gasteiger partial charge >= 0.3 is 5.69 Å². The minimum absolute atomic E-state index is 0.0239. The second-order valence-corrected chi connectivity index (χ2v) is 3.82. The lowest BCUT2D eigenvalue weighted by atomic mass is 10.2. The number of rotatable bonds is 3. The van der Waals surface area contributed by atoms with Crippen LogP contribution in [0.4, 0.5) is 10.1 Å². The smallest absolute Gasteiger partial charge is 0.319 e. The summed E-state index contributed by atoms with van der Waals surface area (Å²) in [5.74, 6) is -0.251. The fraction of sp³-hybridized carbons (Fsp3) is 0. The molecule has 0 radical (unpaired) electrons. The quantitative estimate of drug-likeness (QED) is 0.579. The van der Waals surface area contributed by atoms with Crippen LogP contribution in [0.1, 0.15) is 0 Å². The Balaban J connectivity index is 2.00. The third-order valence-corrected chi connectivity index (χ3v) is 2.56. The van der Waals surface area contributed by atoms with Crippen LogP contribution in [0.25, 0.3) is 23.0 Å². The highest BCUT2D eigenvalue weighted by Gasteiger charge is 2.23. The van der Waals surface area contributed by atoms with E-state index in [0.29, 0.717) is 5.56 Å². The molecule has 2 aromatic heterocycles. The number of nitrogens with one attached hydrogen (secondary N) is 1. The molecular weight excluding hydrogens is 269 g/mol. The maximum atomic E-state index is 12.8. The van der Waals surface area contributed by atoms with Gasteiger partial charge in [0.2, 0.25) is 11.5 Å². The van der Waals surface area contributed by atoms with Gasteiger partial charge in [0.1, 0.15) is 12.0 Å². The summed E-state index contributed by atoms with van der Waals surface area (Å²) < 4.78 is 17.8. The van der Waals surface area contributed by atoms with Gasteiger partial charge in [-0.3, -0.25) is 15.2 Å². The summed E-state index contributed by atoms with van der Waals surface area (Å²) in [6.07, 6.45) is 1.05. The topological polar surface area (TPSA) is 111 Å². The van der Waals surface area contributed by atoms with Gasteiger partial charge in [0, 0.05) is 5.56 Å². The van der Waals surface area contributed by atoms with Crippen molar-refractivity contribution in [2.75, 3.05) is 0 Å². The number of aromatic nitrogens is 4. The lowest BCUT2D eigenvalue weighted by Crippen LogP contribution is -1.89. The first kappa shape index (κ1) is 12.0. The molecule has 0 fully saturated rings. The van der Waals surface area contributed by atoms with Crippen LogP contribution in [0.15, 0.2) is 35.0 Å². The van der Waals surface area contributed by atoms with Crippen LogP contribution < -0.4 is 0 Å². The maximum absolute atomic E-state index is 12.8. The van der Waals surface area contributed by atoms with Crippen LogP contribution in [-0.2, 0) is 0 Å². The predicted molar refractivity (Wildman–Crippen MR) is 63.9 cm³/mol. The first-order valence-electron chi connectivity index (χ1n) is 5.43. The van der Waals surface area contributed by atoms with Crippen molar-refractivity contribution in [2.24, 2.45) is 0 Å². The first-order valence-corrected chi connectivity index (χ1v) is 5.43. The molecule has 1 aromatic carbocycles. The summed E-state index contributed by atoms with van der Waals surface area (Å²) in [5.41, 5.74) is 0.290. The number of hydrogen-bond donors (Lipinski definition) is 1. The van der Waals surface area contributed by atoms with Crippen molar-refractivity contribution in [3.8, 4) is 23.0 Å². The number of benzene rings is 1. The Morgan fingerprint density at radius 3 is 2.75 bits per heavy atom. The van der Waals surface area contributed by atoms with Crippen LogP contribution in [-0.4, -0.2) is 25.3 Å². The Morgan fingerprint density at radius 2 is 2.05 bits per heavy atom. The fourth-order valence-corrected chi connectivity index (χ4v) is 1.62. The van der Waals surface area contributed by atoms with Crippen molar-refractivity contribution in [1.29, 1.82) is 0 Å². The van der Waals surface area contributed by atoms with Gasteiger partial charge in [-0.15, -0.1) is 0 Å². The Morgan fingerprint density at radius 1 is 1.30 bits per heavy atom. The first-order chi connectivity index (χ1) is 9.65. The summed E-state index contributed by atoms with van der Waals surface area (Å²) in [4.78, 5) is 14.2. The molecule has 20 heavy (non-hydrogen) atoms. The second kappa shape index (κ2) is 4.53. The van der Waals surface area contributed by atoms with Gasteiger partial charge < -0.3 is 4.52 Å². The molecular formula is C11H6FN5O3. The van der Waals surface area contributed by atoms with Crippen molar-refractivity contribution >= 4 is 5.69 Å². The highest BCUT2D eigenvalue weighted by atomic mass is 19.1. The Labute approximate surface area is 110 Å². The second-order valence-electron chi connectivity index (χ2n) is 3.82. The van der Waals surface area contributed by atoms with Crippen LogP contribution in [0, 0.1) is 15.9 Å². The van der Waals surface area contributed by atoms with Crippen molar-refractivity contribution in [1.82, 2.24) is 20.3 Å². The molecule has 0 saturated carbocycles. The Kier molecular flexibility index (Phi) is 2.71. The van der Waals surface area contributed by atoms with E-state index in [2.05, 4.69) is 20.3 Å². The molecule has 100 valence electrons. The van der Waals surface area contributed by atoms with E-state index in [1.165, 1.54) is 24.3 Å². The van der Waals surface area contributed by atoms with Gasteiger partial charge in [-0.25, -0.2) is 4.39 Å². The van der Waals surface area contributed by atoms with E-state index in [1.807, 2.05) is 0 Å². The number of halogens is 1. The zero-order valence-electron chi connectivity index (χ0n) is 9.78. The lowest BCUT2D eigenvalue weighted by Gasteiger charge is -1.92. The number of nitrogens with zero attached hydrogens (tertiary/aromatic N) is 4. The van der Waals surface area contributed by atoms with Gasteiger partial charge in [0.05, 0.1) is 4.92 Å². The molecule has 1 N–H and O–H groups in total. The standard InChI is InChI=1S/C11H6FN5O3/c12-7-3-1-6(2-4-7)10-14-11(20-16-10)9-8(17(18)19)5-13-15-9/h1-5H,(H,13,15). The van der Waals surface area contributed by atoms with Crippen LogP contribution in [0.2, 0.25) is 0 Å². The summed E-state index contributed by atoms with van der Waals surface area (Å²) in [5, 5.41) is 20.5. The molecule has 0 amide bonds. The number of aromatic amines is 1. The number of hydrogen-bond acceptors (Lipinski definition) is 6. The largest absolute Gasteiger partial charge is 0.332 e. The molecule has 0 bridgehead atoms. The van der Waals surface area contributed by atoms with E-state index in [1.54, 1.807) is 0 Å². The summed E-state index contributed by atoms with van der Waals surface area (Å²) in [6, 6.07) is 5.46. The SMILES string of the molecule is O=[N+]([O-])c1cn[nH]c1-c1nc(-c2ccc(F)cc2)no1. The summed E-state index contributed by atoms with van der Waals surface area (Å²) in [6.45, 7) is 0. The van der Waals surface area contributed by atoms with E-state index < -0.39 is 4.92 Å². The number of nitro groups is 1. The molecule has 0 aliphatic carbocycles. The van der Waals surface area contributed by atoms with Gasteiger partial charge in [0.15, 0.2) is 0 Å². The highest BCUT2D eigenvalue weighted by Crippen LogP contribution is 2.27. The zero-order chi connectivity index (χ0) is 14.1. The monoisotopic (exact) mass is 275 g/mol. The normalized spacial score (nSPS) is 10.7. The lowest BCUT2D eigenvalue weighted by molar-refractivity contribution is -0.384. The van der Waals surface area contributed by atoms with E-state index in [0.717, 1.165) is 6.20 Å². The molecule has 0 spiro atoms. The van der Waals surface area contributed by atoms with Gasteiger partial charge in [-0.1, -0.05) is 5.16 Å². The molecule has 3 rings (SSSR count). The zero-order valence-corrected chi connectivity index (χ0v) is 9.78. The van der Waals surface area contributed by atoms with E-state index in [9.17, 15) is 14.5 Å². The van der Waals surface area contributed by atoms with Crippen LogP contribution in [0.5, 0.6) is 0 Å². The molecule has 3 aromatic rings. The van der Waals surface area contributed by atoms with Crippen molar-refractivity contribution in [2.45, 2.75) is 0 Å². The fourth-order valence-electron chi connectivity index (χ4n) is 1.62. The van der Waals surface area contributed by atoms with Crippen molar-refractivity contribution in [3.63, 3.8) is 0 Å². The van der Waals surface area contributed by atoms with Gasteiger partial charge in [0.25, 0.3) is 5.89 Å². The third-order valence-electron chi connectivity index (χ3n) is 2.56. The predicted octanol–water partition coefficient (Wildman–Crippen LogP) is 2.17. The Bertz CT molecular complexity index is 764. The Hall–Kier alpha value is -3.10. The summed E-state index contributed by atoms with van der Waals surface area (Å²) in [7, 11) is 0. The van der Waals surface area contributed by atoms with Gasteiger partial charge in [-0.2, -0.15) is 10.1 Å². The van der Waals surface area contributed by atoms with E-state index in [-0.39, 0.29) is 28.9 Å². The molecule has 8 nitrogen and oxygen atoms in total. The number of H-pyrrole nitrogens is 1. The molecule has 0 aliphatic rings. The van der Waals surface area contributed by atoms with Gasteiger partial charge in [-0.05, 0) is 24.3 Å². The molecule has 0 saturated heterocycles. The highest BCUT2D eigenvalue weighted by molar-refractivity contribution is 5.63. The maximum Gasteiger partial charge on any atom is 0.319 e. The molecule has 0 atom stereocenters. The molecule has 0 aliphatic heterocycles. The van der Waals surface area contributed by atoms with Crippen LogP contribution >= 0.6 is 0 Å². The summed E-state index contributed by atoms with van der Waals surface area (Å²) >= 11 is 0. The minimum atomic E-state index is -0.611. The van der Waals surface area contributed by atoms with E-state index in [4.69, 9.17) is 4.52 Å².